The zero-order valence-corrected chi connectivity index (χ0v) is 10.2. The Morgan fingerprint density at radius 2 is 2.18 bits per heavy atom. The van der Waals surface area contributed by atoms with Gasteiger partial charge >= 0.3 is 0 Å². The second kappa shape index (κ2) is 5.32. The molecule has 0 fully saturated rings. The second-order valence-corrected chi connectivity index (χ2v) is 4.60. The standard InChI is InChI=1S/C14H19NO2/c1-2-5-12(16)10-15-9-8-11-6-3-4-7-13(11)14(15)17/h3-4,6-7,12,16H,2,5,8-10H2,1H3. The number of hydrogen-bond acceptors (Lipinski definition) is 2. The molecule has 1 N–H and O–H groups in total. The minimum absolute atomic E-state index is 0.0574. The summed E-state index contributed by atoms with van der Waals surface area (Å²) >= 11 is 0. The van der Waals surface area contributed by atoms with E-state index in [2.05, 4.69) is 0 Å². The average molecular weight is 233 g/mol. The van der Waals surface area contributed by atoms with Crippen molar-refractivity contribution >= 4 is 5.91 Å². The molecule has 1 unspecified atom stereocenters. The second-order valence-electron chi connectivity index (χ2n) is 4.60. The van der Waals surface area contributed by atoms with Gasteiger partial charge in [-0.1, -0.05) is 31.5 Å². The van der Waals surface area contributed by atoms with Gasteiger partial charge in [-0.15, -0.1) is 0 Å². The third-order valence-corrected chi connectivity index (χ3v) is 3.24. The predicted molar refractivity (Wildman–Crippen MR) is 67.0 cm³/mol. The van der Waals surface area contributed by atoms with Crippen molar-refractivity contribution in [3.8, 4) is 0 Å². The van der Waals surface area contributed by atoms with E-state index >= 15 is 0 Å². The lowest BCUT2D eigenvalue weighted by atomic mass is 9.98. The Morgan fingerprint density at radius 1 is 1.41 bits per heavy atom. The summed E-state index contributed by atoms with van der Waals surface area (Å²) in [6, 6.07) is 7.74. The van der Waals surface area contributed by atoms with Gasteiger partial charge in [0.1, 0.15) is 0 Å². The van der Waals surface area contributed by atoms with E-state index in [1.807, 2.05) is 31.2 Å². The predicted octanol–water partition coefficient (Wildman–Crippen LogP) is 1.85. The Kier molecular flexibility index (Phi) is 3.79. The number of rotatable bonds is 4. The Morgan fingerprint density at radius 3 is 2.94 bits per heavy atom. The lowest BCUT2D eigenvalue weighted by molar-refractivity contribution is 0.0590. The van der Waals surface area contributed by atoms with Gasteiger partial charge < -0.3 is 10.0 Å². The van der Waals surface area contributed by atoms with Crippen molar-refractivity contribution in [2.24, 2.45) is 0 Å². The van der Waals surface area contributed by atoms with Gasteiger partial charge in [0.2, 0.25) is 0 Å². The van der Waals surface area contributed by atoms with Crippen LogP contribution in [0.2, 0.25) is 0 Å². The van der Waals surface area contributed by atoms with E-state index in [1.54, 1.807) is 4.90 Å². The SMILES string of the molecule is CCCC(O)CN1CCc2ccccc2C1=O. The van der Waals surface area contributed by atoms with Crippen LogP contribution in [0.3, 0.4) is 0 Å². The van der Waals surface area contributed by atoms with Crippen molar-refractivity contribution in [2.75, 3.05) is 13.1 Å². The van der Waals surface area contributed by atoms with Crippen LogP contribution in [0.5, 0.6) is 0 Å². The van der Waals surface area contributed by atoms with Gasteiger partial charge in [-0.2, -0.15) is 0 Å². The van der Waals surface area contributed by atoms with E-state index in [-0.39, 0.29) is 5.91 Å². The normalized spacial score (nSPS) is 16.8. The molecule has 0 saturated heterocycles. The molecule has 92 valence electrons. The number of β-amino-alcohol motifs (C(OH)–C–C–N with tert-alkyl or cyclic N) is 1. The summed E-state index contributed by atoms with van der Waals surface area (Å²) in [4.78, 5) is 13.9. The molecule has 1 atom stereocenters. The molecule has 17 heavy (non-hydrogen) atoms. The Bertz CT molecular complexity index is 403. The maximum atomic E-state index is 12.2. The van der Waals surface area contributed by atoms with E-state index in [4.69, 9.17) is 0 Å². The highest BCUT2D eigenvalue weighted by Crippen LogP contribution is 2.19. The van der Waals surface area contributed by atoms with Crippen LogP contribution >= 0.6 is 0 Å². The third-order valence-electron chi connectivity index (χ3n) is 3.24. The monoisotopic (exact) mass is 233 g/mol. The van der Waals surface area contributed by atoms with Gasteiger partial charge in [0, 0.05) is 18.7 Å². The van der Waals surface area contributed by atoms with E-state index in [0.717, 1.165) is 36.9 Å². The molecule has 0 saturated carbocycles. The smallest absolute Gasteiger partial charge is 0.254 e. The van der Waals surface area contributed by atoms with Gasteiger partial charge in [-0.05, 0) is 24.5 Å². The highest BCUT2D eigenvalue weighted by molar-refractivity contribution is 5.96. The summed E-state index contributed by atoms with van der Waals surface area (Å²) in [5.74, 6) is 0.0574. The molecule has 1 aromatic rings. The summed E-state index contributed by atoms with van der Waals surface area (Å²) in [5.41, 5.74) is 1.92. The molecule has 1 heterocycles. The molecule has 0 radical (unpaired) electrons. The summed E-state index contributed by atoms with van der Waals surface area (Å²) < 4.78 is 0. The number of nitrogens with zero attached hydrogens (tertiary/aromatic N) is 1. The molecule has 2 rings (SSSR count). The van der Waals surface area contributed by atoms with Crippen LogP contribution in [0, 0.1) is 0 Å². The first-order chi connectivity index (χ1) is 8.22. The minimum Gasteiger partial charge on any atom is -0.391 e. The first-order valence-corrected chi connectivity index (χ1v) is 6.27. The quantitative estimate of drug-likeness (QED) is 0.862. The Labute approximate surface area is 102 Å². The van der Waals surface area contributed by atoms with Crippen LogP contribution < -0.4 is 0 Å². The number of aliphatic hydroxyl groups excluding tert-OH is 1. The maximum absolute atomic E-state index is 12.2. The minimum atomic E-state index is -0.394. The molecule has 0 aromatic heterocycles. The van der Waals surface area contributed by atoms with Gasteiger partial charge in [0.15, 0.2) is 0 Å². The molecule has 1 aliphatic heterocycles. The molecule has 1 amide bonds. The lowest BCUT2D eigenvalue weighted by Gasteiger charge is -2.30. The molecular formula is C14H19NO2. The van der Waals surface area contributed by atoms with Gasteiger partial charge in [0.05, 0.1) is 6.10 Å². The number of carbonyl (C=O) groups excluding carboxylic acids is 1. The van der Waals surface area contributed by atoms with E-state index in [1.165, 1.54) is 0 Å². The van der Waals surface area contributed by atoms with Crippen molar-refractivity contribution in [1.29, 1.82) is 0 Å². The number of aliphatic hydroxyl groups is 1. The lowest BCUT2D eigenvalue weighted by Crippen LogP contribution is -2.42. The van der Waals surface area contributed by atoms with Crippen molar-refractivity contribution in [3.63, 3.8) is 0 Å². The van der Waals surface area contributed by atoms with E-state index < -0.39 is 6.10 Å². The molecule has 0 aliphatic carbocycles. The van der Waals surface area contributed by atoms with Crippen LogP contribution in [-0.2, 0) is 6.42 Å². The van der Waals surface area contributed by atoms with Crippen LogP contribution in [0.4, 0.5) is 0 Å². The third kappa shape index (κ3) is 2.67. The highest BCUT2D eigenvalue weighted by atomic mass is 16.3. The number of amides is 1. The van der Waals surface area contributed by atoms with Crippen molar-refractivity contribution in [3.05, 3.63) is 35.4 Å². The van der Waals surface area contributed by atoms with Crippen LogP contribution in [-0.4, -0.2) is 35.1 Å². The van der Waals surface area contributed by atoms with Crippen LogP contribution in [0.25, 0.3) is 0 Å². The van der Waals surface area contributed by atoms with Gasteiger partial charge in [-0.25, -0.2) is 0 Å². The van der Waals surface area contributed by atoms with E-state index in [0.29, 0.717) is 6.54 Å². The highest BCUT2D eigenvalue weighted by Gasteiger charge is 2.24. The summed E-state index contributed by atoms with van der Waals surface area (Å²) in [6.45, 7) is 3.22. The molecule has 1 aliphatic rings. The average Bonchev–Trinajstić information content (AvgIpc) is 2.33. The number of carbonyl (C=O) groups is 1. The fourth-order valence-electron chi connectivity index (χ4n) is 2.33. The summed E-state index contributed by atoms with van der Waals surface area (Å²) in [6.07, 6.45) is 2.20. The molecular weight excluding hydrogens is 214 g/mol. The van der Waals surface area contributed by atoms with Crippen molar-refractivity contribution in [1.82, 2.24) is 4.90 Å². The number of fused-ring (bicyclic) bond motifs is 1. The molecule has 3 heteroatoms. The molecule has 0 bridgehead atoms. The fraction of sp³-hybridized carbons (Fsp3) is 0.500. The van der Waals surface area contributed by atoms with Crippen molar-refractivity contribution in [2.45, 2.75) is 32.3 Å². The first-order valence-electron chi connectivity index (χ1n) is 6.27. The van der Waals surface area contributed by atoms with Crippen LogP contribution in [0.15, 0.2) is 24.3 Å². The molecule has 3 nitrogen and oxygen atoms in total. The van der Waals surface area contributed by atoms with Gasteiger partial charge in [-0.3, -0.25) is 4.79 Å². The molecule has 0 spiro atoms. The fourth-order valence-corrected chi connectivity index (χ4v) is 2.33. The first kappa shape index (κ1) is 12.1. The zero-order valence-electron chi connectivity index (χ0n) is 10.2. The van der Waals surface area contributed by atoms with Crippen molar-refractivity contribution < 1.29 is 9.90 Å². The summed E-state index contributed by atoms with van der Waals surface area (Å²) in [7, 11) is 0. The zero-order chi connectivity index (χ0) is 12.3. The van der Waals surface area contributed by atoms with Crippen LogP contribution in [0.1, 0.15) is 35.7 Å². The maximum Gasteiger partial charge on any atom is 0.254 e. The molecule has 1 aromatic carbocycles. The number of benzene rings is 1. The Balaban J connectivity index is 2.07. The topological polar surface area (TPSA) is 40.5 Å². The van der Waals surface area contributed by atoms with Gasteiger partial charge in [0.25, 0.3) is 5.91 Å². The summed E-state index contributed by atoms with van der Waals surface area (Å²) in [5, 5.41) is 9.77. The Hall–Kier alpha value is -1.35. The number of hydrogen-bond donors (Lipinski definition) is 1. The van der Waals surface area contributed by atoms with E-state index in [9.17, 15) is 9.90 Å². The largest absolute Gasteiger partial charge is 0.391 e.